The largest absolute Gasteiger partial charge is 0.344 e. The molecule has 2 heteroatoms. The molecule has 1 heterocycles. The van der Waals surface area contributed by atoms with E-state index < -0.39 is 0 Å². The van der Waals surface area contributed by atoms with Crippen LogP contribution in [-0.2, 0) is 0 Å². The molecular weight excluding hydrogens is 316 g/mol. The standard InChI is InChI=1S/C24H24N2/c1-15-8-7-9-22(16(15)2)21-11-10-20(12-21)13-23-17(3)24(14-25)19(5)26(6)18(23)4/h7-11,13H,4-5,12H2,1-3,6H3/b23-13+. The van der Waals surface area contributed by atoms with Crippen molar-refractivity contribution in [2.45, 2.75) is 27.2 Å². The average molecular weight is 340 g/mol. The van der Waals surface area contributed by atoms with Gasteiger partial charge in [0.1, 0.15) is 6.07 Å². The van der Waals surface area contributed by atoms with Crippen molar-refractivity contribution in [3.8, 4) is 6.07 Å². The summed E-state index contributed by atoms with van der Waals surface area (Å²) >= 11 is 0. The number of nitrogens with zero attached hydrogens (tertiary/aromatic N) is 2. The molecule has 0 amide bonds. The third-order valence-corrected chi connectivity index (χ3v) is 5.47. The van der Waals surface area contributed by atoms with E-state index in [-0.39, 0.29) is 0 Å². The first-order chi connectivity index (χ1) is 12.3. The number of hydrogen-bond acceptors (Lipinski definition) is 2. The zero-order chi connectivity index (χ0) is 19.0. The molecule has 0 fully saturated rings. The van der Waals surface area contributed by atoms with E-state index in [0.717, 1.165) is 23.3 Å². The summed E-state index contributed by atoms with van der Waals surface area (Å²) in [6.45, 7) is 14.5. The molecule has 0 unspecified atom stereocenters. The number of rotatable bonds is 2. The number of benzene rings is 1. The van der Waals surface area contributed by atoms with Crippen LogP contribution in [0.15, 0.2) is 83.3 Å². The predicted octanol–water partition coefficient (Wildman–Crippen LogP) is 5.76. The molecular formula is C24H24N2. The molecule has 1 aliphatic carbocycles. The maximum Gasteiger partial charge on any atom is 0.102 e. The van der Waals surface area contributed by atoms with Crippen molar-refractivity contribution in [1.29, 1.82) is 5.26 Å². The highest BCUT2D eigenvalue weighted by Gasteiger charge is 2.25. The van der Waals surface area contributed by atoms with Gasteiger partial charge in [-0.25, -0.2) is 0 Å². The maximum absolute atomic E-state index is 9.48. The van der Waals surface area contributed by atoms with Crippen molar-refractivity contribution in [1.82, 2.24) is 4.90 Å². The molecule has 3 rings (SSSR count). The summed E-state index contributed by atoms with van der Waals surface area (Å²) in [6, 6.07) is 8.74. The summed E-state index contributed by atoms with van der Waals surface area (Å²) < 4.78 is 0. The van der Waals surface area contributed by atoms with E-state index in [9.17, 15) is 5.26 Å². The second kappa shape index (κ2) is 6.69. The van der Waals surface area contributed by atoms with E-state index in [1.807, 2.05) is 18.9 Å². The van der Waals surface area contributed by atoms with Crippen molar-refractivity contribution >= 4 is 5.57 Å². The van der Waals surface area contributed by atoms with Crippen LogP contribution in [0.3, 0.4) is 0 Å². The normalized spacial score (nSPS) is 19.0. The fraction of sp³-hybridized carbons (Fsp3) is 0.208. The second-order valence-corrected chi connectivity index (χ2v) is 6.98. The molecule has 26 heavy (non-hydrogen) atoms. The van der Waals surface area contributed by atoms with Gasteiger partial charge >= 0.3 is 0 Å². The minimum absolute atomic E-state index is 0.632. The Bertz CT molecular complexity index is 988. The van der Waals surface area contributed by atoms with Gasteiger partial charge in [0.15, 0.2) is 0 Å². The van der Waals surface area contributed by atoms with Crippen LogP contribution < -0.4 is 0 Å². The number of aryl methyl sites for hydroxylation is 1. The van der Waals surface area contributed by atoms with Gasteiger partial charge < -0.3 is 4.90 Å². The van der Waals surface area contributed by atoms with Gasteiger partial charge in [-0.05, 0) is 66.7 Å². The van der Waals surface area contributed by atoms with Crippen LogP contribution in [-0.4, -0.2) is 11.9 Å². The molecule has 0 spiro atoms. The van der Waals surface area contributed by atoms with Crippen molar-refractivity contribution in [2.24, 2.45) is 0 Å². The lowest BCUT2D eigenvalue weighted by Gasteiger charge is -2.32. The number of allylic oxidation sites excluding steroid dienone is 7. The summed E-state index contributed by atoms with van der Waals surface area (Å²) in [5, 5.41) is 9.48. The summed E-state index contributed by atoms with van der Waals surface area (Å²) in [4.78, 5) is 1.89. The van der Waals surface area contributed by atoms with Gasteiger partial charge in [0.05, 0.1) is 11.3 Å². The lowest BCUT2D eigenvalue weighted by atomic mass is 9.90. The van der Waals surface area contributed by atoms with Gasteiger partial charge in [-0.15, -0.1) is 0 Å². The number of likely N-dealkylation sites (N-methyl/N-ethyl adjacent to an activating group) is 1. The summed E-state index contributed by atoms with van der Waals surface area (Å²) in [7, 11) is 1.91. The van der Waals surface area contributed by atoms with E-state index >= 15 is 0 Å². The van der Waals surface area contributed by atoms with E-state index in [2.05, 4.69) is 69.5 Å². The Morgan fingerprint density at radius 3 is 2.54 bits per heavy atom. The van der Waals surface area contributed by atoms with Crippen molar-refractivity contribution in [3.63, 3.8) is 0 Å². The molecule has 0 N–H and O–H groups in total. The highest BCUT2D eigenvalue weighted by molar-refractivity contribution is 5.76. The van der Waals surface area contributed by atoms with E-state index in [0.29, 0.717) is 11.3 Å². The Labute approximate surface area is 156 Å². The molecule has 0 bridgehead atoms. The predicted molar refractivity (Wildman–Crippen MR) is 109 cm³/mol. The van der Waals surface area contributed by atoms with Gasteiger partial charge in [0, 0.05) is 18.3 Å². The van der Waals surface area contributed by atoms with Crippen molar-refractivity contribution in [2.75, 3.05) is 7.05 Å². The molecule has 0 atom stereocenters. The van der Waals surface area contributed by atoms with Gasteiger partial charge in [0.25, 0.3) is 0 Å². The lowest BCUT2D eigenvalue weighted by molar-refractivity contribution is 0.535. The Morgan fingerprint density at radius 1 is 1.12 bits per heavy atom. The van der Waals surface area contributed by atoms with E-state index in [1.165, 1.54) is 27.8 Å². The van der Waals surface area contributed by atoms with Crippen LogP contribution in [0.5, 0.6) is 0 Å². The van der Waals surface area contributed by atoms with E-state index in [4.69, 9.17) is 0 Å². The van der Waals surface area contributed by atoms with Crippen LogP contribution in [0, 0.1) is 25.2 Å². The monoisotopic (exact) mass is 340 g/mol. The van der Waals surface area contributed by atoms with Crippen molar-refractivity contribution in [3.05, 3.63) is 100.0 Å². The molecule has 0 saturated carbocycles. The highest BCUT2D eigenvalue weighted by atomic mass is 15.1. The first-order valence-corrected chi connectivity index (χ1v) is 8.76. The maximum atomic E-state index is 9.48. The Kier molecular flexibility index (Phi) is 4.57. The molecule has 2 nitrogen and oxygen atoms in total. The molecule has 0 aromatic heterocycles. The zero-order valence-corrected chi connectivity index (χ0v) is 16.0. The van der Waals surface area contributed by atoms with Crippen LogP contribution >= 0.6 is 0 Å². The van der Waals surface area contributed by atoms with Crippen LogP contribution in [0.1, 0.15) is 30.0 Å². The minimum atomic E-state index is 0.632. The molecule has 0 saturated heterocycles. The Hall–Kier alpha value is -3.05. The molecule has 130 valence electrons. The molecule has 1 aliphatic heterocycles. The van der Waals surface area contributed by atoms with E-state index in [1.54, 1.807) is 0 Å². The zero-order valence-electron chi connectivity index (χ0n) is 16.0. The smallest absolute Gasteiger partial charge is 0.102 e. The fourth-order valence-corrected chi connectivity index (χ4v) is 3.53. The van der Waals surface area contributed by atoms with Gasteiger partial charge in [-0.3, -0.25) is 0 Å². The molecule has 0 radical (unpaired) electrons. The third kappa shape index (κ3) is 2.86. The molecule has 2 aliphatic rings. The van der Waals surface area contributed by atoms with Gasteiger partial charge in [-0.2, -0.15) is 5.26 Å². The minimum Gasteiger partial charge on any atom is -0.344 e. The quantitative estimate of drug-likeness (QED) is 0.685. The van der Waals surface area contributed by atoms with Gasteiger partial charge in [0.2, 0.25) is 0 Å². The summed E-state index contributed by atoms with van der Waals surface area (Å²) in [6.07, 6.45) is 7.42. The first kappa shape index (κ1) is 17.8. The summed E-state index contributed by atoms with van der Waals surface area (Å²) in [5.41, 5.74) is 10.7. The molecule has 1 aromatic carbocycles. The number of hydrogen-bond donors (Lipinski definition) is 0. The third-order valence-electron chi connectivity index (χ3n) is 5.47. The Balaban J connectivity index is 1.92. The SMILES string of the molecule is C=C1C(C#N)=C(C)/C(=C\C2=CC=C(c3cccc(C)c3C)C2)C(=C)N1C. The topological polar surface area (TPSA) is 27.0 Å². The summed E-state index contributed by atoms with van der Waals surface area (Å²) in [5.74, 6) is 0. The van der Waals surface area contributed by atoms with Crippen molar-refractivity contribution < 1.29 is 0 Å². The van der Waals surface area contributed by atoms with Gasteiger partial charge in [-0.1, -0.05) is 43.5 Å². The fourth-order valence-electron chi connectivity index (χ4n) is 3.53. The Morgan fingerprint density at radius 2 is 1.85 bits per heavy atom. The second-order valence-electron chi connectivity index (χ2n) is 6.98. The van der Waals surface area contributed by atoms with Crippen LogP contribution in [0.4, 0.5) is 0 Å². The number of nitriles is 1. The first-order valence-electron chi connectivity index (χ1n) is 8.76. The van der Waals surface area contributed by atoms with Crippen LogP contribution in [0.25, 0.3) is 5.57 Å². The van der Waals surface area contributed by atoms with Crippen LogP contribution in [0.2, 0.25) is 0 Å². The molecule has 1 aromatic rings. The lowest BCUT2D eigenvalue weighted by Crippen LogP contribution is -2.24. The highest BCUT2D eigenvalue weighted by Crippen LogP contribution is 2.38. The average Bonchev–Trinajstić information content (AvgIpc) is 3.08.